The molecule has 158 valence electrons. The van der Waals surface area contributed by atoms with Gasteiger partial charge in [-0.1, -0.05) is 49.8 Å². The van der Waals surface area contributed by atoms with E-state index in [0.29, 0.717) is 29.0 Å². The lowest BCUT2D eigenvalue weighted by molar-refractivity contribution is -0.146. The number of benzene rings is 2. The van der Waals surface area contributed by atoms with Crippen LogP contribution in [-0.2, 0) is 9.53 Å². The van der Waals surface area contributed by atoms with E-state index in [4.69, 9.17) is 27.4 Å². The van der Waals surface area contributed by atoms with Crippen molar-refractivity contribution in [1.29, 1.82) is 0 Å². The van der Waals surface area contributed by atoms with Crippen LogP contribution in [0.4, 0.5) is 0 Å². The van der Waals surface area contributed by atoms with Gasteiger partial charge in [-0.25, -0.2) is 4.79 Å². The molecule has 0 atom stereocenters. The van der Waals surface area contributed by atoms with Gasteiger partial charge in [-0.2, -0.15) is 0 Å². The molecule has 0 bridgehead atoms. The van der Waals surface area contributed by atoms with Gasteiger partial charge >= 0.3 is 5.97 Å². The zero-order valence-electron chi connectivity index (χ0n) is 16.9. The molecule has 0 saturated carbocycles. The second-order valence-corrected chi connectivity index (χ2v) is 7.11. The monoisotopic (exact) mass is 427 g/mol. The molecule has 0 aliphatic heterocycles. The molecule has 0 spiro atoms. The highest BCUT2D eigenvalue weighted by molar-refractivity contribution is 7.80. The van der Waals surface area contributed by atoms with Crippen LogP contribution in [0.2, 0.25) is 0 Å². The van der Waals surface area contributed by atoms with Crippen LogP contribution in [0.1, 0.15) is 58.9 Å². The second kappa shape index (κ2) is 11.8. The maximum Gasteiger partial charge on any atom is 0.344 e. The topological polar surface area (TPSA) is 95.7 Å². The Morgan fingerprint density at radius 2 is 1.37 bits per heavy atom. The van der Waals surface area contributed by atoms with E-state index in [9.17, 15) is 14.4 Å². The van der Waals surface area contributed by atoms with Crippen LogP contribution in [0.25, 0.3) is 0 Å². The van der Waals surface area contributed by atoms with E-state index in [2.05, 4.69) is 0 Å². The molecule has 0 heterocycles. The van der Waals surface area contributed by atoms with Crippen LogP contribution < -0.4 is 10.5 Å². The van der Waals surface area contributed by atoms with Crippen molar-refractivity contribution in [3.05, 3.63) is 65.2 Å². The maximum absolute atomic E-state index is 12.3. The number of hydrogen-bond donors (Lipinski definition) is 1. The van der Waals surface area contributed by atoms with E-state index in [-0.39, 0.29) is 36.0 Å². The minimum atomic E-state index is -0.427. The molecule has 0 unspecified atom stereocenters. The Hall–Kier alpha value is -3.06. The zero-order chi connectivity index (χ0) is 21.9. The summed E-state index contributed by atoms with van der Waals surface area (Å²) in [6, 6.07) is 13.1. The van der Waals surface area contributed by atoms with Crippen LogP contribution >= 0.6 is 12.2 Å². The maximum atomic E-state index is 12.3. The zero-order valence-corrected chi connectivity index (χ0v) is 17.7. The third-order valence-electron chi connectivity index (χ3n) is 4.36. The molecule has 7 heteroatoms. The molecule has 2 N–H and O–H groups in total. The van der Waals surface area contributed by atoms with Crippen LogP contribution in [0.3, 0.4) is 0 Å². The number of carbonyl (C=O) groups is 3. The van der Waals surface area contributed by atoms with Gasteiger partial charge in [0.2, 0.25) is 0 Å². The molecule has 2 rings (SSSR count). The van der Waals surface area contributed by atoms with Crippen molar-refractivity contribution >= 4 is 34.7 Å². The van der Waals surface area contributed by atoms with Gasteiger partial charge in [-0.15, -0.1) is 0 Å². The number of rotatable bonds is 12. The predicted octanol–water partition coefficient (Wildman–Crippen LogP) is 3.89. The Morgan fingerprint density at radius 1 is 0.867 bits per heavy atom. The van der Waals surface area contributed by atoms with Crippen molar-refractivity contribution in [2.45, 2.75) is 32.6 Å². The van der Waals surface area contributed by atoms with Gasteiger partial charge in [0, 0.05) is 29.5 Å². The normalized spacial score (nSPS) is 10.3. The Labute approximate surface area is 181 Å². The molecule has 0 aliphatic rings. The standard InChI is InChI=1S/C23H25NO5S/c1-2-3-14-28-22(27)15-29-19-10-8-17(9-11-19)21(26)13-12-20(25)16-4-6-18(7-5-16)23(24)30/h4-11H,2-3,12-15H2,1H3,(H2,24,30). The average molecular weight is 428 g/mol. The number of ether oxygens (including phenoxy) is 2. The van der Waals surface area contributed by atoms with Gasteiger partial charge in [0.15, 0.2) is 18.2 Å². The van der Waals surface area contributed by atoms with Crippen molar-refractivity contribution in [2.24, 2.45) is 5.73 Å². The van der Waals surface area contributed by atoms with Crippen molar-refractivity contribution in [3.63, 3.8) is 0 Å². The third kappa shape index (κ3) is 7.40. The summed E-state index contributed by atoms with van der Waals surface area (Å²) in [5.41, 5.74) is 7.22. The number of unbranched alkanes of at least 4 members (excludes halogenated alkanes) is 1. The minimum Gasteiger partial charge on any atom is -0.482 e. The van der Waals surface area contributed by atoms with Crippen LogP contribution in [0, 0.1) is 0 Å². The Morgan fingerprint density at radius 3 is 1.87 bits per heavy atom. The highest BCUT2D eigenvalue weighted by Gasteiger charge is 2.12. The van der Waals surface area contributed by atoms with Gasteiger partial charge in [-0.3, -0.25) is 9.59 Å². The van der Waals surface area contributed by atoms with E-state index in [0.717, 1.165) is 12.8 Å². The lowest BCUT2D eigenvalue weighted by Crippen LogP contribution is -2.15. The number of thiocarbonyl (C=S) groups is 1. The van der Waals surface area contributed by atoms with E-state index < -0.39 is 5.97 Å². The van der Waals surface area contributed by atoms with Gasteiger partial charge in [0.25, 0.3) is 0 Å². The molecule has 0 saturated heterocycles. The summed E-state index contributed by atoms with van der Waals surface area (Å²) in [6.45, 7) is 2.22. The number of hydrogen-bond acceptors (Lipinski definition) is 6. The first-order valence-corrected chi connectivity index (χ1v) is 10.2. The largest absolute Gasteiger partial charge is 0.482 e. The average Bonchev–Trinajstić information content (AvgIpc) is 2.76. The smallest absolute Gasteiger partial charge is 0.344 e. The molecule has 2 aromatic carbocycles. The molecular formula is C23H25NO5S. The Balaban J connectivity index is 1.80. The first-order valence-electron chi connectivity index (χ1n) is 9.75. The predicted molar refractivity (Wildman–Crippen MR) is 118 cm³/mol. The molecule has 0 radical (unpaired) electrons. The lowest BCUT2D eigenvalue weighted by atomic mass is 10.0. The summed E-state index contributed by atoms with van der Waals surface area (Å²) in [7, 11) is 0. The first-order chi connectivity index (χ1) is 14.4. The summed E-state index contributed by atoms with van der Waals surface area (Å²) >= 11 is 4.89. The molecule has 6 nitrogen and oxygen atoms in total. The van der Waals surface area contributed by atoms with Crippen molar-refractivity contribution in [1.82, 2.24) is 0 Å². The number of carbonyl (C=O) groups excluding carboxylic acids is 3. The number of nitrogens with two attached hydrogens (primary N) is 1. The number of ketones is 2. The van der Waals surface area contributed by atoms with E-state index in [1.54, 1.807) is 48.5 Å². The summed E-state index contributed by atoms with van der Waals surface area (Å²) < 4.78 is 10.4. The fraction of sp³-hybridized carbons (Fsp3) is 0.304. The molecule has 0 fully saturated rings. The fourth-order valence-corrected chi connectivity index (χ4v) is 2.72. The summed E-state index contributed by atoms with van der Waals surface area (Å²) in [6.07, 6.45) is 1.97. The molecule has 0 amide bonds. The van der Waals surface area contributed by atoms with Gasteiger partial charge in [0.1, 0.15) is 10.7 Å². The minimum absolute atomic E-state index is 0.0971. The summed E-state index contributed by atoms with van der Waals surface area (Å²) in [5.74, 6) is -0.232. The van der Waals surface area contributed by atoms with Crippen molar-refractivity contribution in [3.8, 4) is 5.75 Å². The van der Waals surface area contributed by atoms with E-state index in [1.165, 1.54) is 0 Å². The SMILES string of the molecule is CCCCOC(=O)COc1ccc(C(=O)CCC(=O)c2ccc(C(N)=S)cc2)cc1. The molecule has 0 aromatic heterocycles. The first kappa shape index (κ1) is 23.2. The molecule has 0 aliphatic carbocycles. The quantitative estimate of drug-likeness (QED) is 0.238. The third-order valence-corrected chi connectivity index (χ3v) is 4.60. The molecular weight excluding hydrogens is 402 g/mol. The van der Waals surface area contributed by atoms with Gasteiger partial charge in [-0.05, 0) is 30.7 Å². The highest BCUT2D eigenvalue weighted by Crippen LogP contribution is 2.15. The fourth-order valence-electron chi connectivity index (χ4n) is 2.59. The molecule has 2 aromatic rings. The van der Waals surface area contributed by atoms with E-state index >= 15 is 0 Å². The number of esters is 1. The van der Waals surface area contributed by atoms with E-state index in [1.807, 2.05) is 6.92 Å². The lowest BCUT2D eigenvalue weighted by Gasteiger charge is -2.07. The Kier molecular flexibility index (Phi) is 9.15. The molecule has 30 heavy (non-hydrogen) atoms. The van der Waals surface area contributed by atoms with Crippen LogP contribution in [-0.4, -0.2) is 35.7 Å². The van der Waals surface area contributed by atoms with Crippen LogP contribution in [0.5, 0.6) is 5.75 Å². The summed E-state index contributed by atoms with van der Waals surface area (Å²) in [4.78, 5) is 36.4. The van der Waals surface area contributed by atoms with Crippen molar-refractivity contribution in [2.75, 3.05) is 13.2 Å². The van der Waals surface area contributed by atoms with Crippen LogP contribution in [0.15, 0.2) is 48.5 Å². The van der Waals surface area contributed by atoms with Crippen molar-refractivity contribution < 1.29 is 23.9 Å². The van der Waals surface area contributed by atoms with Gasteiger partial charge < -0.3 is 15.2 Å². The second-order valence-electron chi connectivity index (χ2n) is 6.68. The summed E-state index contributed by atoms with van der Waals surface area (Å²) in [5, 5.41) is 0. The van der Waals surface area contributed by atoms with Gasteiger partial charge in [0.05, 0.1) is 6.61 Å². The number of Topliss-reactive ketones (excluding diaryl/α,β-unsaturated/α-hetero) is 2. The Bertz CT molecular complexity index is 891. The highest BCUT2D eigenvalue weighted by atomic mass is 32.1.